The van der Waals surface area contributed by atoms with E-state index in [4.69, 9.17) is 4.74 Å². The summed E-state index contributed by atoms with van der Waals surface area (Å²) >= 11 is 2.15. The van der Waals surface area contributed by atoms with Gasteiger partial charge in [-0.1, -0.05) is 28.7 Å². The topological polar surface area (TPSA) is 119 Å². The number of ether oxygens (including phenoxy) is 1. The van der Waals surface area contributed by atoms with Gasteiger partial charge in [-0.2, -0.15) is 9.78 Å². The molecule has 10 nitrogen and oxygen atoms in total. The van der Waals surface area contributed by atoms with E-state index < -0.39 is 5.60 Å². The van der Waals surface area contributed by atoms with Gasteiger partial charge < -0.3 is 20.7 Å². The Morgan fingerprint density at radius 1 is 1.08 bits per heavy atom. The number of anilines is 4. The fraction of sp³-hybridized carbons (Fsp3) is 0.240. The fourth-order valence-corrected chi connectivity index (χ4v) is 4.25. The number of alkyl halides is 1. The summed E-state index contributed by atoms with van der Waals surface area (Å²) in [4.78, 5) is 25.9. The second kappa shape index (κ2) is 11.0. The first kappa shape index (κ1) is 25.5. The van der Waals surface area contributed by atoms with Crippen LogP contribution in [0.4, 0.5) is 23.0 Å². The highest BCUT2D eigenvalue weighted by atomic mass is 127. The van der Waals surface area contributed by atoms with Gasteiger partial charge in [0, 0.05) is 42.3 Å². The van der Waals surface area contributed by atoms with Gasteiger partial charge in [-0.3, -0.25) is 9.78 Å². The number of carbonyl (C=O) groups excluding carboxylic acids is 1. The van der Waals surface area contributed by atoms with Gasteiger partial charge in [-0.05, 0) is 50.6 Å². The molecule has 1 aromatic carbocycles. The first-order valence-electron chi connectivity index (χ1n) is 11.2. The molecule has 3 aromatic heterocycles. The molecule has 3 heterocycles. The van der Waals surface area contributed by atoms with Gasteiger partial charge >= 0.3 is 0 Å². The SMILES string of the molecule is CNc1cc(-n2nccc2Nc2cc(NC(=O)c3ccnc(C(C)(C)OCI)c3)ccc2C)ncn1. The molecular formula is C25H27IN8O2. The van der Waals surface area contributed by atoms with Crippen molar-refractivity contribution in [2.45, 2.75) is 26.4 Å². The van der Waals surface area contributed by atoms with Gasteiger partial charge in [0.15, 0.2) is 5.82 Å². The van der Waals surface area contributed by atoms with Gasteiger partial charge in [0.1, 0.15) is 23.6 Å². The molecule has 0 saturated heterocycles. The number of aromatic nitrogens is 5. The zero-order valence-electron chi connectivity index (χ0n) is 20.4. The lowest BCUT2D eigenvalue weighted by Gasteiger charge is -2.23. The molecule has 0 aliphatic heterocycles. The summed E-state index contributed by atoms with van der Waals surface area (Å²) in [6, 6.07) is 12.8. The van der Waals surface area contributed by atoms with E-state index >= 15 is 0 Å². The van der Waals surface area contributed by atoms with Crippen molar-refractivity contribution in [3.8, 4) is 5.82 Å². The number of pyridine rings is 1. The maximum atomic E-state index is 13.0. The highest BCUT2D eigenvalue weighted by molar-refractivity contribution is 14.1. The number of nitrogens with zero attached hydrogens (tertiary/aromatic N) is 5. The van der Waals surface area contributed by atoms with Crippen LogP contribution in [0.1, 0.15) is 35.5 Å². The van der Waals surface area contributed by atoms with Crippen LogP contribution in [0.5, 0.6) is 0 Å². The van der Waals surface area contributed by atoms with Crippen LogP contribution in [0.2, 0.25) is 0 Å². The largest absolute Gasteiger partial charge is 0.373 e. The fourth-order valence-electron chi connectivity index (χ4n) is 3.47. The summed E-state index contributed by atoms with van der Waals surface area (Å²) < 4.78 is 7.98. The van der Waals surface area contributed by atoms with E-state index in [0.29, 0.717) is 33.2 Å². The molecule has 3 N–H and O–H groups in total. The van der Waals surface area contributed by atoms with E-state index in [0.717, 1.165) is 17.1 Å². The molecule has 36 heavy (non-hydrogen) atoms. The quantitative estimate of drug-likeness (QED) is 0.181. The molecule has 0 fully saturated rings. The summed E-state index contributed by atoms with van der Waals surface area (Å²) in [7, 11) is 1.80. The van der Waals surface area contributed by atoms with Gasteiger partial charge in [0.25, 0.3) is 5.91 Å². The first-order valence-corrected chi connectivity index (χ1v) is 12.7. The summed E-state index contributed by atoms with van der Waals surface area (Å²) in [5.41, 5.74) is 3.08. The van der Waals surface area contributed by atoms with Crippen LogP contribution in [0, 0.1) is 6.92 Å². The molecule has 0 saturated carbocycles. The minimum atomic E-state index is -0.598. The Bertz CT molecular complexity index is 1370. The van der Waals surface area contributed by atoms with Crippen LogP contribution in [0.3, 0.4) is 0 Å². The predicted molar refractivity (Wildman–Crippen MR) is 148 cm³/mol. The van der Waals surface area contributed by atoms with Crippen LogP contribution in [0.15, 0.2) is 61.2 Å². The molecule has 11 heteroatoms. The average Bonchev–Trinajstić information content (AvgIpc) is 3.34. The Morgan fingerprint density at radius 2 is 1.92 bits per heavy atom. The standard InChI is InChI=1S/C25H27IN8O2/c1-16-5-6-18(32-24(35)17-7-9-28-20(11-17)25(2,3)36-14-26)12-19(16)33-22-8-10-31-34(22)23-13-21(27-4)29-15-30-23/h5-13,15,33H,14H2,1-4H3,(H,32,35)(H,27,29,30). The molecule has 0 atom stereocenters. The van der Waals surface area contributed by atoms with Gasteiger partial charge in [0.2, 0.25) is 0 Å². The highest BCUT2D eigenvalue weighted by Crippen LogP contribution is 2.27. The van der Waals surface area contributed by atoms with Crippen molar-refractivity contribution in [1.29, 1.82) is 0 Å². The number of benzene rings is 1. The smallest absolute Gasteiger partial charge is 0.255 e. The Balaban J connectivity index is 1.55. The third-order valence-corrected chi connectivity index (χ3v) is 5.89. The van der Waals surface area contributed by atoms with E-state index in [1.54, 1.807) is 42.3 Å². The van der Waals surface area contributed by atoms with Crippen LogP contribution in [0.25, 0.3) is 5.82 Å². The van der Waals surface area contributed by atoms with E-state index in [2.05, 4.69) is 58.6 Å². The number of hydrogen-bond acceptors (Lipinski definition) is 8. The monoisotopic (exact) mass is 598 g/mol. The third kappa shape index (κ3) is 5.79. The van der Waals surface area contributed by atoms with E-state index in [1.165, 1.54) is 6.33 Å². The van der Waals surface area contributed by atoms with E-state index in [-0.39, 0.29) is 5.91 Å². The number of amides is 1. The Hall–Kier alpha value is -3.58. The third-order valence-electron chi connectivity index (χ3n) is 5.58. The maximum absolute atomic E-state index is 13.0. The average molecular weight is 598 g/mol. The van der Waals surface area contributed by atoms with Crippen LogP contribution in [-0.4, -0.2) is 42.3 Å². The highest BCUT2D eigenvalue weighted by Gasteiger charge is 2.23. The number of halogens is 1. The lowest BCUT2D eigenvalue weighted by Crippen LogP contribution is -2.23. The van der Waals surface area contributed by atoms with Crippen molar-refractivity contribution in [1.82, 2.24) is 24.7 Å². The Kier molecular flexibility index (Phi) is 7.79. The van der Waals surface area contributed by atoms with Crippen molar-refractivity contribution in [2.24, 2.45) is 0 Å². The number of hydrogen-bond donors (Lipinski definition) is 3. The molecular weight excluding hydrogens is 571 g/mol. The van der Waals surface area contributed by atoms with Crippen LogP contribution in [-0.2, 0) is 10.3 Å². The molecule has 4 rings (SSSR count). The zero-order chi connectivity index (χ0) is 25.7. The zero-order valence-corrected chi connectivity index (χ0v) is 22.6. The molecule has 0 aliphatic carbocycles. The maximum Gasteiger partial charge on any atom is 0.255 e. The number of rotatable bonds is 9. The number of carbonyl (C=O) groups is 1. The summed E-state index contributed by atoms with van der Waals surface area (Å²) in [6.45, 7) is 5.85. The molecule has 186 valence electrons. The lowest BCUT2D eigenvalue weighted by molar-refractivity contribution is 0.0102. The van der Waals surface area contributed by atoms with Crippen LogP contribution < -0.4 is 16.0 Å². The van der Waals surface area contributed by atoms with Crippen molar-refractivity contribution in [2.75, 3.05) is 27.6 Å². The van der Waals surface area contributed by atoms with Gasteiger partial charge in [-0.25, -0.2) is 9.97 Å². The van der Waals surface area contributed by atoms with Crippen molar-refractivity contribution in [3.05, 3.63) is 78.0 Å². The molecule has 0 unspecified atom stereocenters. The Labute approximate surface area is 223 Å². The van der Waals surface area contributed by atoms with Crippen LogP contribution >= 0.6 is 22.6 Å². The lowest BCUT2D eigenvalue weighted by atomic mass is 10.0. The normalized spacial score (nSPS) is 11.2. The van der Waals surface area contributed by atoms with Gasteiger partial charge in [-0.15, -0.1) is 0 Å². The predicted octanol–water partition coefficient (Wildman–Crippen LogP) is 5.05. The number of nitrogens with one attached hydrogen (secondary N) is 3. The minimum Gasteiger partial charge on any atom is -0.373 e. The molecule has 0 aliphatic rings. The van der Waals surface area contributed by atoms with Crippen molar-refractivity contribution in [3.63, 3.8) is 0 Å². The molecule has 4 aromatic rings. The summed E-state index contributed by atoms with van der Waals surface area (Å²) in [6.07, 6.45) is 4.79. The molecule has 0 spiro atoms. The van der Waals surface area contributed by atoms with E-state index in [1.807, 2.05) is 45.0 Å². The molecule has 0 bridgehead atoms. The van der Waals surface area contributed by atoms with Crippen molar-refractivity contribution < 1.29 is 9.53 Å². The number of aryl methyl sites for hydroxylation is 1. The van der Waals surface area contributed by atoms with Gasteiger partial charge in [0.05, 0.1) is 16.5 Å². The second-order valence-electron chi connectivity index (χ2n) is 8.44. The van der Waals surface area contributed by atoms with Crippen molar-refractivity contribution >= 4 is 51.5 Å². The Morgan fingerprint density at radius 3 is 2.69 bits per heavy atom. The molecule has 1 amide bonds. The molecule has 0 radical (unpaired) electrons. The van der Waals surface area contributed by atoms with E-state index in [9.17, 15) is 4.79 Å². The summed E-state index contributed by atoms with van der Waals surface area (Å²) in [5.74, 6) is 1.79. The first-order chi connectivity index (χ1) is 17.3. The minimum absolute atomic E-state index is 0.232. The second-order valence-corrected chi connectivity index (χ2v) is 9.06. The summed E-state index contributed by atoms with van der Waals surface area (Å²) in [5, 5.41) is 13.8.